The van der Waals surface area contributed by atoms with Crippen molar-refractivity contribution in [2.45, 2.75) is 23.8 Å². The van der Waals surface area contributed by atoms with Crippen molar-refractivity contribution in [3.05, 3.63) is 13.6 Å². The lowest BCUT2D eigenvalue weighted by molar-refractivity contribution is 0.113. The summed E-state index contributed by atoms with van der Waals surface area (Å²) >= 11 is 7.88. The Labute approximate surface area is 121 Å². The van der Waals surface area contributed by atoms with Crippen LogP contribution in [0, 0.1) is 0 Å². The molecule has 0 aliphatic carbocycles. The van der Waals surface area contributed by atoms with Gasteiger partial charge in [-0.1, -0.05) is 0 Å². The number of sulfonamides is 1. The fourth-order valence-corrected chi connectivity index (χ4v) is 6.95. The van der Waals surface area contributed by atoms with Gasteiger partial charge in [-0.05, 0) is 50.8 Å². The van der Waals surface area contributed by atoms with Crippen LogP contribution in [0.15, 0.2) is 18.5 Å². The molecular weight excluding hydrogens is 394 g/mol. The second kappa shape index (κ2) is 5.26. The highest BCUT2D eigenvalue weighted by Gasteiger charge is 2.31. The molecule has 1 aromatic rings. The molecule has 0 bridgehead atoms. The number of nitrogens with zero attached hydrogens (tertiary/aromatic N) is 1. The average molecular weight is 405 g/mol. The maximum atomic E-state index is 12.3. The van der Waals surface area contributed by atoms with Gasteiger partial charge in [0.1, 0.15) is 4.90 Å². The molecule has 4 nitrogen and oxygen atoms in total. The molecule has 0 unspecified atom stereocenters. The molecule has 0 saturated carbocycles. The summed E-state index contributed by atoms with van der Waals surface area (Å²) in [7, 11) is -3.44. The minimum absolute atomic E-state index is 0.297. The third-order valence-corrected chi connectivity index (χ3v) is 7.32. The minimum Gasteiger partial charge on any atom is -0.393 e. The Kier molecular flexibility index (Phi) is 4.32. The van der Waals surface area contributed by atoms with Crippen LogP contribution in [-0.4, -0.2) is 37.0 Å². The number of thiophene rings is 1. The van der Waals surface area contributed by atoms with Gasteiger partial charge in [0.05, 0.1) is 13.7 Å². The zero-order valence-corrected chi connectivity index (χ0v) is 13.6. The second-order valence-corrected chi connectivity index (χ2v) is 9.48. The van der Waals surface area contributed by atoms with Gasteiger partial charge in [0.2, 0.25) is 10.0 Å². The average Bonchev–Trinajstić information content (AvgIpc) is 2.59. The third-order valence-electron chi connectivity index (χ3n) is 2.67. The monoisotopic (exact) mass is 403 g/mol. The fourth-order valence-electron chi connectivity index (χ4n) is 1.72. The Morgan fingerprint density at radius 3 is 2.41 bits per heavy atom. The van der Waals surface area contributed by atoms with Crippen LogP contribution in [0.1, 0.15) is 12.8 Å². The van der Waals surface area contributed by atoms with Gasteiger partial charge in [0, 0.05) is 13.1 Å². The van der Waals surface area contributed by atoms with Gasteiger partial charge in [-0.15, -0.1) is 11.3 Å². The molecule has 1 aliphatic rings. The van der Waals surface area contributed by atoms with Gasteiger partial charge in [0.25, 0.3) is 0 Å². The van der Waals surface area contributed by atoms with E-state index in [2.05, 4.69) is 31.9 Å². The van der Waals surface area contributed by atoms with E-state index >= 15 is 0 Å². The zero-order chi connectivity index (χ0) is 12.6. The quantitative estimate of drug-likeness (QED) is 0.823. The van der Waals surface area contributed by atoms with Gasteiger partial charge < -0.3 is 5.11 Å². The molecule has 0 radical (unpaired) electrons. The lowest BCUT2D eigenvalue weighted by Crippen LogP contribution is -2.39. The summed E-state index contributed by atoms with van der Waals surface area (Å²) in [5.41, 5.74) is 0. The number of aliphatic hydroxyl groups excluding tert-OH is 1. The Hall–Kier alpha value is 0.530. The van der Waals surface area contributed by atoms with Crippen molar-refractivity contribution in [1.29, 1.82) is 0 Å². The molecule has 2 heterocycles. The van der Waals surface area contributed by atoms with Crippen LogP contribution < -0.4 is 0 Å². The van der Waals surface area contributed by atoms with E-state index in [1.807, 2.05) is 0 Å². The first-order valence-electron chi connectivity index (χ1n) is 5.04. The lowest BCUT2D eigenvalue weighted by Gasteiger charge is -2.28. The van der Waals surface area contributed by atoms with Crippen molar-refractivity contribution >= 4 is 53.2 Å². The fraction of sp³-hybridized carbons (Fsp3) is 0.556. The number of halogens is 2. The number of rotatable bonds is 2. The number of aliphatic hydroxyl groups is 1. The van der Waals surface area contributed by atoms with Crippen LogP contribution >= 0.6 is 43.2 Å². The van der Waals surface area contributed by atoms with E-state index in [0.717, 1.165) is 3.79 Å². The molecule has 0 spiro atoms. The van der Waals surface area contributed by atoms with Crippen molar-refractivity contribution < 1.29 is 13.5 Å². The SMILES string of the molecule is O=S(=O)(c1cc(Br)sc1Br)N1CCC(O)CC1. The van der Waals surface area contributed by atoms with Crippen molar-refractivity contribution in [2.24, 2.45) is 0 Å². The third kappa shape index (κ3) is 2.93. The molecule has 1 aromatic heterocycles. The van der Waals surface area contributed by atoms with E-state index in [4.69, 9.17) is 0 Å². The summed E-state index contributed by atoms with van der Waals surface area (Å²) in [6.45, 7) is 0.757. The predicted molar refractivity (Wildman–Crippen MR) is 73.7 cm³/mol. The van der Waals surface area contributed by atoms with E-state index in [-0.39, 0.29) is 6.10 Å². The Morgan fingerprint density at radius 1 is 1.35 bits per heavy atom. The zero-order valence-electron chi connectivity index (χ0n) is 8.77. The summed E-state index contributed by atoms with van der Waals surface area (Å²) in [5, 5.41) is 9.39. The first-order valence-corrected chi connectivity index (χ1v) is 8.88. The molecule has 2 rings (SSSR count). The van der Waals surface area contributed by atoms with Crippen molar-refractivity contribution in [3.63, 3.8) is 0 Å². The van der Waals surface area contributed by atoms with Gasteiger partial charge in [0.15, 0.2) is 0 Å². The molecule has 96 valence electrons. The van der Waals surface area contributed by atoms with E-state index < -0.39 is 10.0 Å². The number of hydrogen-bond acceptors (Lipinski definition) is 4. The Bertz CT molecular complexity index is 506. The summed E-state index contributed by atoms with van der Waals surface area (Å²) in [5.74, 6) is 0. The molecule has 1 N–H and O–H groups in total. The molecule has 0 amide bonds. The first kappa shape index (κ1) is 14.0. The van der Waals surface area contributed by atoms with Crippen LogP contribution in [0.5, 0.6) is 0 Å². The molecule has 0 atom stereocenters. The molecule has 8 heteroatoms. The highest BCUT2D eigenvalue weighted by molar-refractivity contribution is 9.12. The number of hydrogen-bond donors (Lipinski definition) is 1. The lowest BCUT2D eigenvalue weighted by atomic mass is 10.1. The molecular formula is C9H11Br2NO3S2. The Balaban J connectivity index is 2.28. The first-order chi connectivity index (χ1) is 7.91. The summed E-state index contributed by atoms with van der Waals surface area (Å²) in [6, 6.07) is 1.61. The Morgan fingerprint density at radius 2 is 1.94 bits per heavy atom. The largest absolute Gasteiger partial charge is 0.393 e. The van der Waals surface area contributed by atoms with E-state index in [1.54, 1.807) is 6.07 Å². The van der Waals surface area contributed by atoms with E-state index in [0.29, 0.717) is 34.6 Å². The maximum Gasteiger partial charge on any atom is 0.245 e. The molecule has 1 fully saturated rings. The van der Waals surface area contributed by atoms with Gasteiger partial charge in [-0.2, -0.15) is 4.31 Å². The molecule has 0 aromatic carbocycles. The van der Waals surface area contributed by atoms with Gasteiger partial charge >= 0.3 is 0 Å². The standard InChI is InChI=1S/C9H11Br2NO3S2/c10-8-5-7(9(11)16-8)17(14,15)12-3-1-6(13)2-4-12/h5-6,13H,1-4H2. The van der Waals surface area contributed by atoms with Crippen LogP contribution in [-0.2, 0) is 10.0 Å². The molecule has 17 heavy (non-hydrogen) atoms. The van der Waals surface area contributed by atoms with Crippen LogP contribution in [0.2, 0.25) is 0 Å². The normalized spacial score (nSPS) is 19.7. The van der Waals surface area contributed by atoms with Crippen molar-refractivity contribution in [3.8, 4) is 0 Å². The second-order valence-electron chi connectivity index (χ2n) is 3.82. The smallest absolute Gasteiger partial charge is 0.245 e. The topological polar surface area (TPSA) is 57.6 Å². The van der Waals surface area contributed by atoms with E-state index in [1.165, 1.54) is 15.6 Å². The maximum absolute atomic E-state index is 12.3. The van der Waals surface area contributed by atoms with E-state index in [9.17, 15) is 13.5 Å². The van der Waals surface area contributed by atoms with Crippen molar-refractivity contribution in [1.82, 2.24) is 4.31 Å². The summed E-state index contributed by atoms with van der Waals surface area (Å²) < 4.78 is 27.5. The number of piperidine rings is 1. The highest BCUT2D eigenvalue weighted by atomic mass is 79.9. The van der Waals surface area contributed by atoms with Gasteiger partial charge in [-0.25, -0.2) is 8.42 Å². The van der Waals surface area contributed by atoms with Crippen LogP contribution in [0.3, 0.4) is 0 Å². The van der Waals surface area contributed by atoms with Crippen molar-refractivity contribution in [2.75, 3.05) is 13.1 Å². The van der Waals surface area contributed by atoms with Crippen LogP contribution in [0.25, 0.3) is 0 Å². The molecule has 1 aliphatic heterocycles. The van der Waals surface area contributed by atoms with Crippen LogP contribution in [0.4, 0.5) is 0 Å². The highest BCUT2D eigenvalue weighted by Crippen LogP contribution is 2.36. The molecule has 1 saturated heterocycles. The van der Waals surface area contributed by atoms with Gasteiger partial charge in [-0.3, -0.25) is 0 Å². The summed E-state index contributed by atoms with van der Waals surface area (Å²) in [6.07, 6.45) is 0.628. The summed E-state index contributed by atoms with van der Waals surface area (Å²) in [4.78, 5) is 0.297. The minimum atomic E-state index is -3.44. The predicted octanol–water partition coefficient (Wildman–Crippen LogP) is 2.42.